The minimum Gasteiger partial charge on any atom is -0.872 e. The summed E-state index contributed by atoms with van der Waals surface area (Å²) in [5.74, 6) is 0.904. The lowest BCUT2D eigenvalue weighted by atomic mass is 10.0. The van der Waals surface area contributed by atoms with E-state index in [-0.39, 0.29) is 11.5 Å². The zero-order chi connectivity index (χ0) is 21.4. The maximum absolute atomic E-state index is 12.5. The van der Waals surface area contributed by atoms with Crippen molar-refractivity contribution in [1.82, 2.24) is 15.0 Å². The highest BCUT2D eigenvalue weighted by molar-refractivity contribution is 5.72. The number of aromatic hydroxyl groups is 1. The summed E-state index contributed by atoms with van der Waals surface area (Å²) in [5, 5.41) is 22.1. The third-order valence-electron chi connectivity index (χ3n) is 5.09. The lowest BCUT2D eigenvalue weighted by Crippen LogP contribution is -2.04. The van der Waals surface area contributed by atoms with Gasteiger partial charge >= 0.3 is 0 Å². The monoisotopic (exact) mass is 396 g/mol. The minimum absolute atomic E-state index is 0.0815. The van der Waals surface area contributed by atoms with Crippen LogP contribution in [0.25, 0.3) is 34.2 Å². The van der Waals surface area contributed by atoms with Gasteiger partial charge in [0.05, 0.1) is 0 Å². The first kappa shape index (κ1) is 19.6. The van der Waals surface area contributed by atoms with E-state index in [0.717, 1.165) is 33.4 Å². The van der Waals surface area contributed by atoms with Gasteiger partial charge in [0.2, 0.25) is 0 Å². The molecule has 150 valence electrons. The van der Waals surface area contributed by atoms with E-state index in [1.165, 1.54) is 12.1 Å². The third kappa shape index (κ3) is 3.74. The van der Waals surface area contributed by atoms with Gasteiger partial charge in [0.1, 0.15) is 5.75 Å². The highest BCUT2D eigenvalue weighted by Crippen LogP contribution is 2.32. The predicted molar refractivity (Wildman–Crippen MR) is 116 cm³/mol. The maximum atomic E-state index is 12.5. The van der Waals surface area contributed by atoms with Crippen molar-refractivity contribution in [3.05, 3.63) is 76.9 Å². The van der Waals surface area contributed by atoms with Crippen LogP contribution in [0.4, 0.5) is 0 Å². The van der Waals surface area contributed by atoms with E-state index in [2.05, 4.69) is 22.1 Å². The van der Waals surface area contributed by atoms with Crippen molar-refractivity contribution in [2.45, 2.75) is 27.7 Å². The summed E-state index contributed by atoms with van der Waals surface area (Å²) in [6, 6.07) is 16.4. The molecule has 0 radical (unpaired) electrons. The lowest BCUT2D eigenvalue weighted by molar-refractivity contribution is -0.267. The molecular weight excluding hydrogens is 374 g/mol. The Kier molecular flexibility index (Phi) is 4.96. The molecule has 30 heavy (non-hydrogen) atoms. The van der Waals surface area contributed by atoms with E-state index in [4.69, 9.17) is 4.98 Å². The molecule has 0 bridgehead atoms. The SMILES string of the molecule is Cc1ccc(-c2nc(-c3ccc(C)cc3C)nc(-c3ccc(O)cc3[O-])n2)c(C)c1. The van der Waals surface area contributed by atoms with Gasteiger partial charge in [-0.1, -0.05) is 53.3 Å². The number of aryl methyl sites for hydroxylation is 4. The minimum atomic E-state index is -0.334. The smallest absolute Gasteiger partial charge is 0.164 e. The number of rotatable bonds is 3. The molecule has 0 amide bonds. The Balaban J connectivity index is 1.98. The Bertz CT molecular complexity index is 1100. The van der Waals surface area contributed by atoms with E-state index in [1.807, 2.05) is 52.0 Å². The summed E-state index contributed by atoms with van der Waals surface area (Å²) >= 11 is 0. The second-order valence-corrected chi connectivity index (χ2v) is 7.62. The molecule has 4 rings (SSSR count). The number of aromatic nitrogens is 3. The van der Waals surface area contributed by atoms with Gasteiger partial charge in [-0.05, 0) is 57.0 Å². The fourth-order valence-electron chi connectivity index (χ4n) is 3.56. The van der Waals surface area contributed by atoms with Crippen LogP contribution in [0.3, 0.4) is 0 Å². The Morgan fingerprint density at radius 3 is 1.47 bits per heavy atom. The first-order valence-electron chi connectivity index (χ1n) is 9.73. The molecule has 0 aliphatic carbocycles. The quantitative estimate of drug-likeness (QED) is 0.533. The van der Waals surface area contributed by atoms with Gasteiger partial charge in [0.25, 0.3) is 0 Å². The molecular formula is C25H22N3O2-. The summed E-state index contributed by atoms with van der Waals surface area (Å²) < 4.78 is 0. The first-order valence-corrected chi connectivity index (χ1v) is 9.73. The van der Waals surface area contributed by atoms with E-state index < -0.39 is 0 Å². The number of benzene rings is 3. The van der Waals surface area contributed by atoms with Crippen molar-refractivity contribution in [1.29, 1.82) is 0 Å². The standard InChI is InChI=1S/C25H23N3O2/c1-14-5-8-19(16(3)11-14)23-26-24(20-9-6-15(2)12-17(20)4)28-25(27-23)21-10-7-18(29)13-22(21)30/h5-13,29-30H,1-4H3/p-1. The highest BCUT2D eigenvalue weighted by Gasteiger charge is 2.15. The van der Waals surface area contributed by atoms with Crippen molar-refractivity contribution in [3.8, 4) is 45.7 Å². The molecule has 1 N–H and O–H groups in total. The molecule has 1 aromatic heterocycles. The van der Waals surface area contributed by atoms with E-state index in [0.29, 0.717) is 23.0 Å². The second-order valence-electron chi connectivity index (χ2n) is 7.62. The van der Waals surface area contributed by atoms with Gasteiger partial charge in [-0.25, -0.2) is 15.0 Å². The van der Waals surface area contributed by atoms with Gasteiger partial charge in [0.15, 0.2) is 17.5 Å². The van der Waals surface area contributed by atoms with Crippen LogP contribution in [-0.2, 0) is 0 Å². The Morgan fingerprint density at radius 2 is 1.03 bits per heavy atom. The maximum Gasteiger partial charge on any atom is 0.164 e. The van der Waals surface area contributed by atoms with Crippen molar-refractivity contribution in [2.24, 2.45) is 0 Å². The average Bonchev–Trinajstić information content (AvgIpc) is 2.67. The molecule has 5 nitrogen and oxygen atoms in total. The number of phenolic OH excluding ortho intramolecular Hbond substituents is 1. The molecule has 0 saturated carbocycles. The second kappa shape index (κ2) is 7.59. The Hall–Kier alpha value is -3.73. The molecule has 0 atom stereocenters. The molecule has 0 spiro atoms. The van der Waals surface area contributed by atoms with Gasteiger partial charge in [-0.3, -0.25) is 0 Å². The highest BCUT2D eigenvalue weighted by atomic mass is 16.3. The largest absolute Gasteiger partial charge is 0.872 e. The number of hydrogen-bond donors (Lipinski definition) is 1. The van der Waals surface area contributed by atoms with Crippen LogP contribution < -0.4 is 5.11 Å². The fourth-order valence-corrected chi connectivity index (χ4v) is 3.56. The molecule has 0 unspecified atom stereocenters. The van der Waals surface area contributed by atoms with E-state index >= 15 is 0 Å². The van der Waals surface area contributed by atoms with Crippen LogP contribution in [0.5, 0.6) is 11.5 Å². The molecule has 1 heterocycles. The molecule has 0 saturated heterocycles. The lowest BCUT2D eigenvalue weighted by Gasteiger charge is -2.15. The summed E-state index contributed by atoms with van der Waals surface area (Å²) in [7, 11) is 0. The molecule has 0 fully saturated rings. The molecule has 0 aliphatic heterocycles. The zero-order valence-electron chi connectivity index (χ0n) is 17.4. The van der Waals surface area contributed by atoms with Crippen molar-refractivity contribution in [3.63, 3.8) is 0 Å². The summed E-state index contributed by atoms with van der Waals surface area (Å²) in [6.45, 7) is 8.11. The van der Waals surface area contributed by atoms with Crippen molar-refractivity contribution < 1.29 is 10.2 Å². The predicted octanol–water partition coefficient (Wildman–Crippen LogP) is 4.89. The normalized spacial score (nSPS) is 10.9. The van der Waals surface area contributed by atoms with Crippen LogP contribution in [0.1, 0.15) is 22.3 Å². The van der Waals surface area contributed by atoms with Gasteiger partial charge in [-0.2, -0.15) is 0 Å². The zero-order valence-corrected chi connectivity index (χ0v) is 17.4. The third-order valence-corrected chi connectivity index (χ3v) is 5.09. The van der Waals surface area contributed by atoms with E-state index in [1.54, 1.807) is 6.07 Å². The van der Waals surface area contributed by atoms with Crippen LogP contribution >= 0.6 is 0 Å². The van der Waals surface area contributed by atoms with Gasteiger partial charge in [-0.15, -0.1) is 0 Å². The van der Waals surface area contributed by atoms with Crippen LogP contribution in [0.2, 0.25) is 0 Å². The van der Waals surface area contributed by atoms with Crippen LogP contribution in [0, 0.1) is 27.7 Å². The van der Waals surface area contributed by atoms with Crippen molar-refractivity contribution >= 4 is 0 Å². The fraction of sp³-hybridized carbons (Fsp3) is 0.160. The van der Waals surface area contributed by atoms with Crippen molar-refractivity contribution in [2.75, 3.05) is 0 Å². The summed E-state index contributed by atoms with van der Waals surface area (Å²) in [5.41, 5.74) is 6.51. The summed E-state index contributed by atoms with van der Waals surface area (Å²) in [4.78, 5) is 14.0. The number of hydrogen-bond acceptors (Lipinski definition) is 5. The first-order chi connectivity index (χ1) is 14.3. The van der Waals surface area contributed by atoms with Crippen LogP contribution in [0.15, 0.2) is 54.6 Å². The Labute approximate surface area is 175 Å². The Morgan fingerprint density at radius 1 is 0.600 bits per heavy atom. The summed E-state index contributed by atoms with van der Waals surface area (Å²) in [6.07, 6.45) is 0. The topological polar surface area (TPSA) is 82.0 Å². The average molecular weight is 396 g/mol. The van der Waals surface area contributed by atoms with Gasteiger partial charge in [0, 0.05) is 16.7 Å². The molecule has 3 aromatic carbocycles. The number of phenols is 1. The van der Waals surface area contributed by atoms with E-state index in [9.17, 15) is 10.2 Å². The van der Waals surface area contributed by atoms with Crippen LogP contribution in [-0.4, -0.2) is 20.1 Å². The number of nitrogens with zero attached hydrogens (tertiary/aromatic N) is 3. The van der Waals surface area contributed by atoms with Gasteiger partial charge < -0.3 is 10.2 Å². The molecule has 4 aromatic rings. The molecule has 0 aliphatic rings. The molecule has 5 heteroatoms.